The van der Waals surface area contributed by atoms with Gasteiger partial charge in [-0.2, -0.15) is 0 Å². The number of hydrogen-bond donors (Lipinski definition) is 1. The van der Waals surface area contributed by atoms with Crippen LogP contribution in [0.4, 0.5) is 0 Å². The highest BCUT2D eigenvalue weighted by molar-refractivity contribution is 5.82. The Labute approximate surface area is 74.7 Å². The number of rotatable bonds is 2. The van der Waals surface area contributed by atoms with E-state index in [0.29, 0.717) is 11.8 Å². The summed E-state index contributed by atoms with van der Waals surface area (Å²) in [4.78, 5) is 11.5. The van der Waals surface area contributed by atoms with Crippen LogP contribution in [-0.4, -0.2) is 11.4 Å². The fourth-order valence-corrected chi connectivity index (χ4v) is 1.48. The van der Waals surface area contributed by atoms with E-state index in [4.69, 9.17) is 0 Å². The van der Waals surface area contributed by atoms with Crippen LogP contribution in [0.3, 0.4) is 0 Å². The van der Waals surface area contributed by atoms with Crippen molar-refractivity contribution in [3.05, 3.63) is 0 Å². The van der Waals surface area contributed by atoms with Crippen LogP contribution >= 0.6 is 0 Å². The second kappa shape index (κ2) is 3.08. The predicted molar refractivity (Wildman–Crippen MR) is 49.8 cm³/mol. The highest BCUT2D eigenvalue weighted by atomic mass is 16.2. The maximum absolute atomic E-state index is 11.5. The minimum Gasteiger partial charge on any atom is -0.351 e. The molecule has 1 saturated carbocycles. The van der Waals surface area contributed by atoms with Gasteiger partial charge in [-0.3, -0.25) is 4.79 Å². The molecule has 1 rings (SSSR count). The Morgan fingerprint density at radius 3 is 2.42 bits per heavy atom. The first-order chi connectivity index (χ1) is 5.44. The van der Waals surface area contributed by atoms with E-state index in [1.165, 1.54) is 0 Å². The largest absolute Gasteiger partial charge is 0.351 e. The lowest BCUT2D eigenvalue weighted by molar-refractivity contribution is -0.124. The molecule has 0 aromatic rings. The minimum atomic E-state index is -0.0715. The lowest BCUT2D eigenvalue weighted by Gasteiger charge is -2.20. The fourth-order valence-electron chi connectivity index (χ4n) is 1.48. The number of carbonyl (C=O) groups excluding carboxylic acids is 1. The molecule has 12 heavy (non-hydrogen) atoms. The number of carbonyl (C=O) groups is 1. The molecule has 0 unspecified atom stereocenters. The van der Waals surface area contributed by atoms with Crippen molar-refractivity contribution in [2.24, 2.45) is 11.8 Å². The van der Waals surface area contributed by atoms with Gasteiger partial charge in [0.1, 0.15) is 0 Å². The molecule has 0 aromatic carbocycles. The highest BCUT2D eigenvalue weighted by Gasteiger charge is 2.42. The quantitative estimate of drug-likeness (QED) is 0.672. The first kappa shape index (κ1) is 9.56. The zero-order valence-corrected chi connectivity index (χ0v) is 8.48. The van der Waals surface area contributed by atoms with Crippen LogP contribution in [0.1, 0.15) is 40.5 Å². The number of amides is 1. The average Bonchev–Trinajstić information content (AvgIpc) is 2.60. The number of hydrogen-bond acceptors (Lipinski definition) is 1. The zero-order chi connectivity index (χ0) is 9.35. The van der Waals surface area contributed by atoms with Crippen LogP contribution in [0.5, 0.6) is 0 Å². The van der Waals surface area contributed by atoms with Crippen molar-refractivity contribution in [1.82, 2.24) is 5.32 Å². The Balaban J connectivity index is 2.32. The van der Waals surface area contributed by atoms with Gasteiger partial charge in [-0.15, -0.1) is 0 Å². The Hall–Kier alpha value is -0.530. The molecule has 1 aliphatic carbocycles. The van der Waals surface area contributed by atoms with E-state index in [1.54, 1.807) is 0 Å². The summed E-state index contributed by atoms with van der Waals surface area (Å²) in [7, 11) is 0. The molecule has 0 radical (unpaired) electrons. The van der Waals surface area contributed by atoms with Crippen molar-refractivity contribution in [1.29, 1.82) is 0 Å². The molecule has 0 bridgehead atoms. The van der Waals surface area contributed by atoms with E-state index in [9.17, 15) is 4.79 Å². The van der Waals surface area contributed by atoms with Crippen molar-refractivity contribution in [2.45, 2.75) is 46.1 Å². The summed E-state index contributed by atoms with van der Waals surface area (Å²) >= 11 is 0. The van der Waals surface area contributed by atoms with E-state index >= 15 is 0 Å². The molecule has 2 nitrogen and oxygen atoms in total. The molecule has 0 aromatic heterocycles. The molecule has 1 fully saturated rings. The normalized spacial score (nSPS) is 28.3. The van der Waals surface area contributed by atoms with E-state index < -0.39 is 0 Å². The zero-order valence-electron chi connectivity index (χ0n) is 8.48. The summed E-state index contributed by atoms with van der Waals surface area (Å²) in [6.45, 7) is 8.21. The Bertz CT molecular complexity index is 181. The molecule has 1 N–H and O–H groups in total. The van der Waals surface area contributed by atoms with Crippen LogP contribution in [0, 0.1) is 11.8 Å². The summed E-state index contributed by atoms with van der Waals surface area (Å²) < 4.78 is 0. The molecule has 2 atom stereocenters. The molecule has 2 heteroatoms. The van der Waals surface area contributed by atoms with Crippen LogP contribution in [0.25, 0.3) is 0 Å². The summed E-state index contributed by atoms with van der Waals surface area (Å²) in [5.41, 5.74) is -0.0715. The van der Waals surface area contributed by atoms with Crippen molar-refractivity contribution in [2.75, 3.05) is 0 Å². The summed E-state index contributed by atoms with van der Waals surface area (Å²) in [6, 6.07) is 0. The van der Waals surface area contributed by atoms with Crippen LogP contribution < -0.4 is 5.32 Å². The average molecular weight is 169 g/mol. The third-order valence-corrected chi connectivity index (χ3v) is 2.28. The lowest BCUT2D eigenvalue weighted by Crippen LogP contribution is -2.41. The molecule has 0 saturated heterocycles. The first-order valence-corrected chi connectivity index (χ1v) is 4.76. The summed E-state index contributed by atoms with van der Waals surface area (Å²) in [5.74, 6) is 1.22. The van der Waals surface area contributed by atoms with Gasteiger partial charge in [-0.25, -0.2) is 0 Å². The van der Waals surface area contributed by atoms with Crippen LogP contribution in [0.2, 0.25) is 0 Å². The van der Waals surface area contributed by atoms with Crippen LogP contribution in [0.15, 0.2) is 0 Å². The lowest BCUT2D eigenvalue weighted by atomic mass is 10.1. The van der Waals surface area contributed by atoms with Crippen molar-refractivity contribution in [3.63, 3.8) is 0 Å². The third kappa shape index (κ3) is 2.50. The molecular formula is C10H19NO. The van der Waals surface area contributed by atoms with Gasteiger partial charge in [-0.05, 0) is 33.1 Å². The minimum absolute atomic E-state index is 0.0715. The molecule has 0 aliphatic heterocycles. The van der Waals surface area contributed by atoms with Gasteiger partial charge in [0.2, 0.25) is 5.91 Å². The van der Waals surface area contributed by atoms with Gasteiger partial charge >= 0.3 is 0 Å². The van der Waals surface area contributed by atoms with E-state index in [1.807, 2.05) is 20.8 Å². The molecule has 0 heterocycles. The third-order valence-electron chi connectivity index (χ3n) is 2.28. The second-order valence-corrected chi connectivity index (χ2v) is 4.75. The molecule has 0 spiro atoms. The maximum Gasteiger partial charge on any atom is 0.223 e. The summed E-state index contributed by atoms with van der Waals surface area (Å²) in [5, 5.41) is 3.01. The molecule has 1 amide bonds. The predicted octanol–water partition coefficient (Wildman–Crippen LogP) is 1.95. The maximum atomic E-state index is 11.5. The second-order valence-electron chi connectivity index (χ2n) is 4.75. The standard InChI is InChI=1S/C10H19NO/c1-5-7-6-8(7)9(12)11-10(2,3)4/h7-8H,5-6H2,1-4H3,(H,11,12)/t7-,8-/m1/s1. The Morgan fingerprint density at radius 2 is 2.08 bits per heavy atom. The van der Waals surface area contributed by atoms with Gasteiger partial charge in [0.25, 0.3) is 0 Å². The monoisotopic (exact) mass is 169 g/mol. The van der Waals surface area contributed by atoms with E-state index in [-0.39, 0.29) is 11.4 Å². The van der Waals surface area contributed by atoms with Crippen molar-refractivity contribution >= 4 is 5.91 Å². The molecule has 1 aliphatic rings. The van der Waals surface area contributed by atoms with Gasteiger partial charge in [0.15, 0.2) is 0 Å². The molecular weight excluding hydrogens is 150 g/mol. The SMILES string of the molecule is CC[C@@H]1C[C@H]1C(=O)NC(C)(C)C. The summed E-state index contributed by atoms with van der Waals surface area (Å²) in [6.07, 6.45) is 2.24. The van der Waals surface area contributed by atoms with Gasteiger partial charge < -0.3 is 5.32 Å². The Kier molecular flexibility index (Phi) is 2.45. The van der Waals surface area contributed by atoms with Crippen molar-refractivity contribution in [3.8, 4) is 0 Å². The Morgan fingerprint density at radius 1 is 1.50 bits per heavy atom. The topological polar surface area (TPSA) is 29.1 Å². The van der Waals surface area contributed by atoms with Crippen molar-refractivity contribution < 1.29 is 4.79 Å². The highest BCUT2D eigenvalue weighted by Crippen LogP contribution is 2.41. The van der Waals surface area contributed by atoms with Gasteiger partial charge in [0.05, 0.1) is 0 Å². The van der Waals surface area contributed by atoms with Gasteiger partial charge in [0, 0.05) is 11.5 Å². The van der Waals surface area contributed by atoms with E-state index in [0.717, 1.165) is 12.8 Å². The van der Waals surface area contributed by atoms with E-state index in [2.05, 4.69) is 12.2 Å². The van der Waals surface area contributed by atoms with Gasteiger partial charge in [-0.1, -0.05) is 13.3 Å². The number of nitrogens with one attached hydrogen (secondary N) is 1. The van der Waals surface area contributed by atoms with Crippen LogP contribution in [-0.2, 0) is 4.79 Å². The fraction of sp³-hybridized carbons (Fsp3) is 0.900. The first-order valence-electron chi connectivity index (χ1n) is 4.76. The molecule has 70 valence electrons. The smallest absolute Gasteiger partial charge is 0.223 e.